The van der Waals surface area contributed by atoms with Crippen LogP contribution in [0.25, 0.3) is 0 Å². The zero-order valence-electron chi connectivity index (χ0n) is 17.0. The fourth-order valence-corrected chi connectivity index (χ4v) is 4.96. The molecule has 2 aromatic carbocycles. The summed E-state index contributed by atoms with van der Waals surface area (Å²) >= 11 is 0. The normalized spacial score (nSPS) is 19.4. The van der Waals surface area contributed by atoms with E-state index in [1.165, 1.54) is 12.8 Å². The summed E-state index contributed by atoms with van der Waals surface area (Å²) in [5.74, 6) is -0.392. The predicted molar refractivity (Wildman–Crippen MR) is 116 cm³/mol. The molecule has 6 nitrogen and oxygen atoms in total. The summed E-state index contributed by atoms with van der Waals surface area (Å²) in [6.45, 7) is 2.94. The van der Waals surface area contributed by atoms with E-state index in [-0.39, 0.29) is 11.9 Å². The van der Waals surface area contributed by atoms with Gasteiger partial charge in [0.25, 0.3) is 10.1 Å². The van der Waals surface area contributed by atoms with Crippen molar-refractivity contribution < 1.29 is 17.8 Å². The van der Waals surface area contributed by atoms with E-state index in [9.17, 15) is 13.2 Å². The molecular formula is C23H28N2O4S. The first-order valence-corrected chi connectivity index (χ1v) is 12.1. The van der Waals surface area contributed by atoms with E-state index >= 15 is 0 Å². The van der Waals surface area contributed by atoms with E-state index < -0.39 is 21.3 Å². The Balaban J connectivity index is 1.50. The Hall–Kier alpha value is -2.22. The molecule has 1 heterocycles. The van der Waals surface area contributed by atoms with E-state index in [1.54, 1.807) is 12.1 Å². The van der Waals surface area contributed by atoms with Gasteiger partial charge in [0.15, 0.2) is 0 Å². The minimum absolute atomic E-state index is 0.0260. The van der Waals surface area contributed by atoms with Gasteiger partial charge >= 0.3 is 0 Å². The van der Waals surface area contributed by atoms with Gasteiger partial charge in [0.05, 0.1) is 11.5 Å². The van der Waals surface area contributed by atoms with Gasteiger partial charge in [-0.2, -0.15) is 8.42 Å². The van der Waals surface area contributed by atoms with Crippen LogP contribution in [0.15, 0.2) is 54.6 Å². The molecular weight excluding hydrogens is 400 g/mol. The molecule has 0 spiro atoms. The van der Waals surface area contributed by atoms with Crippen LogP contribution in [-0.4, -0.2) is 43.4 Å². The van der Waals surface area contributed by atoms with Crippen molar-refractivity contribution >= 4 is 16.0 Å². The standard InChI is InChI=1S/C23H28N2O4S/c26-22(23(12-13-23)20-10-8-18(9-11-20)17-30(27,28)29)24-21(16-25-14-4-5-15-25)19-6-2-1-3-7-19/h1-3,6-11,21H,4-5,12-17H2,(H,24,26)(H,27,28,29)/t21-/m1/s1. The number of nitrogens with zero attached hydrogens (tertiary/aromatic N) is 1. The van der Waals surface area contributed by atoms with Crippen LogP contribution in [0.3, 0.4) is 0 Å². The van der Waals surface area contributed by atoms with Crippen molar-refractivity contribution in [1.29, 1.82) is 0 Å². The number of carbonyl (C=O) groups excluding carboxylic acids is 1. The third-order valence-corrected chi connectivity index (χ3v) is 6.89. The van der Waals surface area contributed by atoms with E-state index in [0.29, 0.717) is 5.56 Å². The molecule has 0 unspecified atom stereocenters. The largest absolute Gasteiger partial charge is 0.347 e. The topological polar surface area (TPSA) is 86.7 Å². The molecule has 2 fully saturated rings. The molecule has 30 heavy (non-hydrogen) atoms. The van der Waals surface area contributed by atoms with Crippen LogP contribution in [0.1, 0.15) is 48.4 Å². The van der Waals surface area contributed by atoms with Gasteiger partial charge in [0.2, 0.25) is 5.91 Å². The zero-order chi connectivity index (χ0) is 21.2. The minimum Gasteiger partial charge on any atom is -0.347 e. The van der Waals surface area contributed by atoms with Crippen LogP contribution in [-0.2, 0) is 26.1 Å². The molecule has 1 saturated heterocycles. The molecule has 2 aliphatic rings. The highest BCUT2D eigenvalue weighted by molar-refractivity contribution is 7.85. The smallest absolute Gasteiger partial charge is 0.269 e. The van der Waals surface area contributed by atoms with Crippen molar-refractivity contribution in [2.24, 2.45) is 0 Å². The zero-order valence-corrected chi connectivity index (χ0v) is 17.8. The fraction of sp³-hybridized carbons (Fsp3) is 0.435. The molecule has 1 amide bonds. The highest BCUT2D eigenvalue weighted by atomic mass is 32.2. The van der Waals surface area contributed by atoms with Crippen LogP contribution in [0.4, 0.5) is 0 Å². The number of amides is 1. The highest BCUT2D eigenvalue weighted by Gasteiger charge is 2.51. The quantitative estimate of drug-likeness (QED) is 0.631. The summed E-state index contributed by atoms with van der Waals surface area (Å²) in [4.78, 5) is 15.7. The number of hydrogen-bond donors (Lipinski definition) is 2. The second kappa shape index (κ2) is 8.49. The molecule has 1 aliphatic carbocycles. The Bertz CT molecular complexity index is 980. The number of likely N-dealkylation sites (tertiary alicyclic amines) is 1. The molecule has 1 saturated carbocycles. The van der Waals surface area contributed by atoms with Gasteiger partial charge in [0.1, 0.15) is 5.75 Å². The summed E-state index contributed by atoms with van der Waals surface area (Å²) < 4.78 is 31.2. The number of benzene rings is 2. The third-order valence-electron chi connectivity index (χ3n) is 6.19. The van der Waals surface area contributed by atoms with Crippen molar-refractivity contribution in [2.45, 2.75) is 42.9 Å². The lowest BCUT2D eigenvalue weighted by Crippen LogP contribution is -2.41. The van der Waals surface area contributed by atoms with Crippen LogP contribution < -0.4 is 5.32 Å². The molecule has 2 aromatic rings. The van der Waals surface area contributed by atoms with Gasteiger partial charge in [-0.1, -0.05) is 54.6 Å². The van der Waals surface area contributed by atoms with Crippen molar-refractivity contribution in [3.63, 3.8) is 0 Å². The van der Waals surface area contributed by atoms with E-state index in [2.05, 4.69) is 22.3 Å². The molecule has 0 radical (unpaired) electrons. The Morgan fingerprint density at radius 2 is 1.67 bits per heavy atom. The number of hydrogen-bond acceptors (Lipinski definition) is 4. The lowest BCUT2D eigenvalue weighted by Gasteiger charge is -2.27. The maximum atomic E-state index is 13.3. The van der Waals surface area contributed by atoms with E-state index in [4.69, 9.17) is 4.55 Å². The van der Waals surface area contributed by atoms with Gasteiger partial charge in [0, 0.05) is 6.54 Å². The number of rotatable bonds is 8. The van der Waals surface area contributed by atoms with Gasteiger partial charge in [-0.3, -0.25) is 9.35 Å². The first kappa shape index (κ1) is 21.0. The average Bonchev–Trinajstić information content (AvgIpc) is 3.37. The molecule has 1 atom stereocenters. The van der Waals surface area contributed by atoms with Crippen molar-refractivity contribution in [3.05, 3.63) is 71.3 Å². The van der Waals surface area contributed by atoms with Crippen molar-refractivity contribution in [1.82, 2.24) is 10.2 Å². The molecule has 0 aromatic heterocycles. The average molecular weight is 429 g/mol. The summed E-state index contributed by atoms with van der Waals surface area (Å²) in [7, 11) is -4.07. The molecule has 1 aliphatic heterocycles. The monoisotopic (exact) mass is 428 g/mol. The fourth-order valence-electron chi connectivity index (χ4n) is 4.34. The minimum atomic E-state index is -4.07. The third kappa shape index (κ3) is 4.91. The van der Waals surface area contributed by atoms with Gasteiger partial charge < -0.3 is 10.2 Å². The van der Waals surface area contributed by atoms with Crippen LogP contribution in [0, 0.1) is 0 Å². The first-order chi connectivity index (χ1) is 14.4. The van der Waals surface area contributed by atoms with Crippen LogP contribution in [0.2, 0.25) is 0 Å². The summed E-state index contributed by atoms with van der Waals surface area (Å²) in [6.07, 6.45) is 3.97. The Kier molecular flexibility index (Phi) is 5.95. The highest BCUT2D eigenvalue weighted by Crippen LogP contribution is 2.48. The molecule has 4 rings (SSSR count). The molecule has 160 valence electrons. The lowest BCUT2D eigenvalue weighted by atomic mass is 9.93. The SMILES string of the molecule is O=C(N[C@H](CN1CCCC1)c1ccccc1)C1(c2ccc(CS(=O)(=O)O)cc2)CC1. The maximum absolute atomic E-state index is 13.3. The molecule has 2 N–H and O–H groups in total. The molecule has 7 heteroatoms. The van der Waals surface area contributed by atoms with Gasteiger partial charge in [-0.25, -0.2) is 0 Å². The summed E-state index contributed by atoms with van der Waals surface area (Å²) in [6, 6.07) is 17.0. The first-order valence-electron chi connectivity index (χ1n) is 10.5. The van der Waals surface area contributed by atoms with Crippen LogP contribution >= 0.6 is 0 Å². The number of nitrogens with one attached hydrogen (secondary N) is 1. The van der Waals surface area contributed by atoms with Gasteiger partial charge in [-0.15, -0.1) is 0 Å². The van der Waals surface area contributed by atoms with Gasteiger partial charge in [-0.05, 0) is 55.5 Å². The van der Waals surface area contributed by atoms with E-state index in [0.717, 1.165) is 43.6 Å². The Labute approximate surface area is 178 Å². The predicted octanol–water partition coefficient (Wildman–Crippen LogP) is 3.06. The Morgan fingerprint density at radius 1 is 1.03 bits per heavy atom. The Morgan fingerprint density at radius 3 is 2.23 bits per heavy atom. The van der Waals surface area contributed by atoms with Crippen molar-refractivity contribution in [2.75, 3.05) is 19.6 Å². The summed E-state index contributed by atoms with van der Waals surface area (Å²) in [5, 5.41) is 3.30. The second-order valence-electron chi connectivity index (χ2n) is 8.45. The number of carbonyl (C=O) groups is 1. The van der Waals surface area contributed by atoms with Crippen molar-refractivity contribution in [3.8, 4) is 0 Å². The van der Waals surface area contributed by atoms with E-state index in [1.807, 2.05) is 30.3 Å². The molecule has 0 bridgehead atoms. The van der Waals surface area contributed by atoms with Crippen LogP contribution in [0.5, 0.6) is 0 Å². The second-order valence-corrected chi connectivity index (χ2v) is 9.90. The lowest BCUT2D eigenvalue weighted by molar-refractivity contribution is -0.124. The summed E-state index contributed by atoms with van der Waals surface area (Å²) in [5.41, 5.74) is 1.96. The maximum Gasteiger partial charge on any atom is 0.269 e.